The Kier molecular flexibility index (Phi) is 5.59. The average molecular weight is 328 g/mol. The molecule has 0 aliphatic heterocycles. The average Bonchev–Trinajstić information content (AvgIpc) is 3.37. The summed E-state index contributed by atoms with van der Waals surface area (Å²) in [5.74, 6) is 0.895. The lowest BCUT2D eigenvalue weighted by Crippen LogP contribution is -2.34. The van der Waals surface area contributed by atoms with Gasteiger partial charge in [0.1, 0.15) is 5.75 Å². The second-order valence-electron chi connectivity index (χ2n) is 6.70. The van der Waals surface area contributed by atoms with E-state index >= 15 is 0 Å². The molecule has 0 bridgehead atoms. The molecule has 0 saturated heterocycles. The maximum atomic E-state index is 10.0. The van der Waals surface area contributed by atoms with Gasteiger partial charge in [-0.2, -0.15) is 0 Å². The third kappa shape index (κ3) is 4.40. The van der Waals surface area contributed by atoms with Gasteiger partial charge < -0.3 is 14.4 Å². The summed E-state index contributed by atoms with van der Waals surface area (Å²) in [6.07, 6.45) is 5.23. The Hall–Kier alpha value is -1.78. The molecule has 1 aliphatic carbocycles. The molecule has 130 valence electrons. The molecular weight excluding hydrogens is 300 g/mol. The third-order valence-corrected chi connectivity index (χ3v) is 4.76. The predicted octanol–water partition coefficient (Wildman–Crippen LogP) is 3.28. The van der Waals surface area contributed by atoms with Crippen LogP contribution >= 0.6 is 0 Å². The van der Waals surface area contributed by atoms with Gasteiger partial charge in [-0.05, 0) is 49.1 Å². The molecule has 4 nitrogen and oxygen atoms in total. The summed E-state index contributed by atoms with van der Waals surface area (Å²) in [7, 11) is 1.70. The van der Waals surface area contributed by atoms with Gasteiger partial charge in [0.05, 0.1) is 13.2 Å². The predicted molar refractivity (Wildman–Crippen MR) is 96.3 cm³/mol. The van der Waals surface area contributed by atoms with Crippen molar-refractivity contribution in [3.8, 4) is 5.75 Å². The van der Waals surface area contributed by atoms with E-state index in [0.29, 0.717) is 6.04 Å². The number of ether oxygens (including phenoxy) is 1. The van der Waals surface area contributed by atoms with Crippen molar-refractivity contribution in [1.29, 1.82) is 0 Å². The van der Waals surface area contributed by atoms with Gasteiger partial charge >= 0.3 is 0 Å². The van der Waals surface area contributed by atoms with Crippen LogP contribution in [0.25, 0.3) is 0 Å². The fourth-order valence-electron chi connectivity index (χ4n) is 3.11. The van der Waals surface area contributed by atoms with Crippen LogP contribution in [0.3, 0.4) is 0 Å². The largest absolute Gasteiger partial charge is 0.497 e. The Morgan fingerprint density at radius 2 is 2.12 bits per heavy atom. The monoisotopic (exact) mass is 328 g/mol. The molecule has 1 aromatic carbocycles. The van der Waals surface area contributed by atoms with Gasteiger partial charge in [-0.25, -0.2) is 0 Å². The highest BCUT2D eigenvalue weighted by Crippen LogP contribution is 2.29. The van der Waals surface area contributed by atoms with E-state index in [4.69, 9.17) is 4.74 Å². The van der Waals surface area contributed by atoms with Crippen LogP contribution in [0.5, 0.6) is 5.75 Å². The first-order valence-electron chi connectivity index (χ1n) is 8.88. The maximum Gasteiger partial charge on any atom is 0.119 e. The Balaban J connectivity index is 1.69. The number of nitrogens with zero attached hydrogens (tertiary/aromatic N) is 2. The van der Waals surface area contributed by atoms with Gasteiger partial charge in [0.15, 0.2) is 0 Å². The smallest absolute Gasteiger partial charge is 0.119 e. The second kappa shape index (κ2) is 7.86. The molecule has 4 heteroatoms. The van der Waals surface area contributed by atoms with Crippen LogP contribution in [0.2, 0.25) is 0 Å². The third-order valence-electron chi connectivity index (χ3n) is 4.76. The fraction of sp³-hybridized carbons (Fsp3) is 0.500. The molecule has 1 N–H and O–H groups in total. The lowest BCUT2D eigenvalue weighted by molar-refractivity contribution is 0.0997. The number of aliphatic hydroxyl groups is 1. The van der Waals surface area contributed by atoms with Crippen molar-refractivity contribution in [2.45, 2.75) is 51.4 Å². The van der Waals surface area contributed by atoms with Crippen LogP contribution in [0.1, 0.15) is 37.4 Å². The van der Waals surface area contributed by atoms with E-state index in [0.717, 1.165) is 31.8 Å². The van der Waals surface area contributed by atoms with Crippen molar-refractivity contribution in [2.24, 2.45) is 0 Å². The Labute approximate surface area is 144 Å². The number of aromatic nitrogens is 1. The van der Waals surface area contributed by atoms with Crippen molar-refractivity contribution < 1.29 is 9.84 Å². The number of rotatable bonds is 9. The summed E-state index contributed by atoms with van der Waals surface area (Å²) in [5, 5.41) is 10.0. The summed E-state index contributed by atoms with van der Waals surface area (Å²) in [5.41, 5.74) is 2.53. The van der Waals surface area contributed by atoms with Crippen LogP contribution in [0.15, 0.2) is 42.6 Å². The molecule has 1 aliphatic rings. The van der Waals surface area contributed by atoms with Gasteiger partial charge in [0.2, 0.25) is 0 Å². The first-order chi connectivity index (χ1) is 11.7. The van der Waals surface area contributed by atoms with Crippen LogP contribution in [-0.2, 0) is 13.1 Å². The minimum Gasteiger partial charge on any atom is -0.497 e. The lowest BCUT2D eigenvalue weighted by atomic mass is 10.2. The molecule has 1 fully saturated rings. The van der Waals surface area contributed by atoms with Crippen LogP contribution < -0.4 is 4.74 Å². The van der Waals surface area contributed by atoms with Gasteiger partial charge in [0.25, 0.3) is 0 Å². The normalized spacial score (nSPS) is 15.7. The van der Waals surface area contributed by atoms with Crippen molar-refractivity contribution >= 4 is 0 Å². The van der Waals surface area contributed by atoms with Gasteiger partial charge in [-0.3, -0.25) is 4.90 Å². The molecule has 1 aromatic heterocycles. The SMILES string of the molecule is CCC(O)CN(Cc1cccn1Cc1cccc(OC)c1)C1CC1. The summed E-state index contributed by atoms with van der Waals surface area (Å²) in [6.45, 7) is 4.56. The maximum absolute atomic E-state index is 10.0. The van der Waals surface area contributed by atoms with E-state index in [9.17, 15) is 5.11 Å². The zero-order chi connectivity index (χ0) is 16.9. The van der Waals surface area contributed by atoms with Crippen molar-refractivity contribution in [1.82, 2.24) is 9.47 Å². The fourth-order valence-corrected chi connectivity index (χ4v) is 3.11. The van der Waals surface area contributed by atoms with Crippen molar-refractivity contribution in [2.75, 3.05) is 13.7 Å². The number of hydrogen-bond acceptors (Lipinski definition) is 3. The number of benzene rings is 1. The molecule has 0 spiro atoms. The summed E-state index contributed by atoms with van der Waals surface area (Å²) in [6, 6.07) is 13.2. The molecule has 24 heavy (non-hydrogen) atoms. The minimum atomic E-state index is -0.229. The molecule has 1 unspecified atom stereocenters. The minimum absolute atomic E-state index is 0.229. The number of aliphatic hydroxyl groups excluding tert-OH is 1. The Morgan fingerprint density at radius 1 is 1.29 bits per heavy atom. The van der Waals surface area contributed by atoms with Crippen LogP contribution in [0.4, 0.5) is 0 Å². The van der Waals surface area contributed by atoms with E-state index in [1.165, 1.54) is 24.1 Å². The van der Waals surface area contributed by atoms with Crippen molar-refractivity contribution in [3.63, 3.8) is 0 Å². The van der Waals surface area contributed by atoms with E-state index in [-0.39, 0.29) is 6.10 Å². The Bertz CT molecular complexity index is 649. The van der Waals surface area contributed by atoms with E-state index in [1.807, 2.05) is 19.1 Å². The number of methoxy groups -OCH3 is 1. The standard InChI is InChI=1S/C20H28N2O2/c1-3-19(23)15-22(17-9-10-17)14-18-7-5-11-21(18)13-16-6-4-8-20(12-16)24-2/h4-8,11-12,17,19,23H,3,9-10,13-15H2,1-2H3. The van der Waals surface area contributed by atoms with Crippen LogP contribution in [-0.4, -0.2) is 40.4 Å². The molecule has 3 rings (SSSR count). The van der Waals surface area contributed by atoms with Gasteiger partial charge in [-0.15, -0.1) is 0 Å². The second-order valence-corrected chi connectivity index (χ2v) is 6.70. The highest BCUT2D eigenvalue weighted by molar-refractivity contribution is 5.29. The van der Waals surface area contributed by atoms with E-state index in [2.05, 4.69) is 39.9 Å². The summed E-state index contributed by atoms with van der Waals surface area (Å²) < 4.78 is 7.61. The quantitative estimate of drug-likeness (QED) is 0.767. The Morgan fingerprint density at radius 3 is 2.83 bits per heavy atom. The van der Waals surface area contributed by atoms with E-state index < -0.39 is 0 Å². The molecule has 0 radical (unpaired) electrons. The highest BCUT2D eigenvalue weighted by atomic mass is 16.5. The number of hydrogen-bond donors (Lipinski definition) is 1. The molecule has 1 heterocycles. The molecule has 1 saturated carbocycles. The van der Waals surface area contributed by atoms with Gasteiger partial charge in [0, 0.05) is 37.6 Å². The zero-order valence-corrected chi connectivity index (χ0v) is 14.7. The first-order valence-corrected chi connectivity index (χ1v) is 8.88. The molecule has 0 amide bonds. The first kappa shape index (κ1) is 17.1. The van der Waals surface area contributed by atoms with Crippen LogP contribution in [0, 0.1) is 0 Å². The van der Waals surface area contributed by atoms with Crippen molar-refractivity contribution in [3.05, 3.63) is 53.9 Å². The topological polar surface area (TPSA) is 37.6 Å². The molecular formula is C20H28N2O2. The summed E-state index contributed by atoms with van der Waals surface area (Å²) >= 11 is 0. The molecule has 1 atom stereocenters. The lowest BCUT2D eigenvalue weighted by Gasteiger charge is -2.25. The highest BCUT2D eigenvalue weighted by Gasteiger charge is 2.30. The summed E-state index contributed by atoms with van der Waals surface area (Å²) in [4.78, 5) is 2.44. The zero-order valence-electron chi connectivity index (χ0n) is 14.7. The molecule has 2 aromatic rings. The van der Waals surface area contributed by atoms with E-state index in [1.54, 1.807) is 7.11 Å². The van der Waals surface area contributed by atoms with Gasteiger partial charge in [-0.1, -0.05) is 19.1 Å².